The van der Waals surface area contributed by atoms with Crippen molar-refractivity contribution in [3.63, 3.8) is 0 Å². The molecule has 1 aliphatic heterocycles. The zero-order chi connectivity index (χ0) is 14.5. The van der Waals surface area contributed by atoms with Gasteiger partial charge in [0.2, 0.25) is 0 Å². The topological polar surface area (TPSA) is 49.8 Å². The van der Waals surface area contributed by atoms with Crippen molar-refractivity contribution >= 4 is 5.78 Å². The molecule has 110 valence electrons. The number of Topliss-reactive ketones (excluding diaryl/α,β-unsaturated/α-hetero) is 1. The van der Waals surface area contributed by atoms with Gasteiger partial charge in [0, 0.05) is 13.2 Å². The van der Waals surface area contributed by atoms with Crippen molar-refractivity contribution in [1.29, 1.82) is 0 Å². The Morgan fingerprint density at radius 1 is 1.55 bits per heavy atom. The van der Waals surface area contributed by atoms with E-state index in [9.17, 15) is 14.3 Å². The molecule has 1 heterocycles. The van der Waals surface area contributed by atoms with E-state index < -0.39 is 5.82 Å². The van der Waals surface area contributed by atoms with Crippen molar-refractivity contribution in [2.45, 2.75) is 25.9 Å². The van der Waals surface area contributed by atoms with Crippen LogP contribution in [0.5, 0.6) is 5.75 Å². The molecule has 0 aromatic heterocycles. The van der Waals surface area contributed by atoms with Crippen LogP contribution in [-0.2, 0) is 4.74 Å². The maximum Gasteiger partial charge on any atom is 0.180 e. The van der Waals surface area contributed by atoms with Gasteiger partial charge in [0.05, 0.1) is 18.2 Å². The lowest BCUT2D eigenvalue weighted by atomic mass is 10.1. The van der Waals surface area contributed by atoms with Crippen molar-refractivity contribution in [3.8, 4) is 5.75 Å². The van der Waals surface area contributed by atoms with Crippen LogP contribution in [0.4, 0.5) is 4.39 Å². The van der Waals surface area contributed by atoms with Gasteiger partial charge in [0.1, 0.15) is 11.6 Å². The van der Waals surface area contributed by atoms with Gasteiger partial charge in [0.25, 0.3) is 0 Å². The van der Waals surface area contributed by atoms with E-state index in [0.29, 0.717) is 13.2 Å². The van der Waals surface area contributed by atoms with Gasteiger partial charge in [-0.1, -0.05) is 0 Å². The van der Waals surface area contributed by atoms with Gasteiger partial charge in [-0.05, 0) is 44.5 Å². The van der Waals surface area contributed by atoms with Gasteiger partial charge in [-0.25, -0.2) is 4.39 Å². The fraction of sp³-hybridized carbons (Fsp3) is 0.533. The van der Waals surface area contributed by atoms with Crippen LogP contribution in [0.15, 0.2) is 18.2 Å². The molecule has 1 aromatic carbocycles. The zero-order valence-corrected chi connectivity index (χ0v) is 11.6. The van der Waals surface area contributed by atoms with Crippen molar-refractivity contribution in [1.82, 2.24) is 4.90 Å². The number of piperidine rings is 1. The standard InChI is InChI=1S/C15H20FNO3/c1-2-20-12-4-3-7-17(9-12)10-15(19)13-8-11(16)5-6-14(13)18/h5-6,8,12,18H,2-4,7,9-10H2,1H3. The predicted molar refractivity (Wildman–Crippen MR) is 73.5 cm³/mol. The molecule has 0 bridgehead atoms. The molecule has 1 unspecified atom stereocenters. The molecule has 0 saturated carbocycles. The summed E-state index contributed by atoms with van der Waals surface area (Å²) in [7, 11) is 0. The summed E-state index contributed by atoms with van der Waals surface area (Å²) in [5, 5.41) is 9.64. The van der Waals surface area contributed by atoms with Crippen molar-refractivity contribution in [3.05, 3.63) is 29.6 Å². The van der Waals surface area contributed by atoms with E-state index in [1.165, 1.54) is 6.07 Å². The quantitative estimate of drug-likeness (QED) is 0.841. The lowest BCUT2D eigenvalue weighted by molar-refractivity contribution is 0.00716. The van der Waals surface area contributed by atoms with Crippen LogP contribution in [0.3, 0.4) is 0 Å². The second-order valence-electron chi connectivity index (χ2n) is 5.04. The molecule has 1 fully saturated rings. The fourth-order valence-corrected chi connectivity index (χ4v) is 2.55. The van der Waals surface area contributed by atoms with Gasteiger partial charge < -0.3 is 9.84 Å². The first-order valence-corrected chi connectivity index (χ1v) is 6.95. The molecular formula is C15H20FNO3. The van der Waals surface area contributed by atoms with E-state index in [1.54, 1.807) is 0 Å². The number of halogens is 1. The van der Waals surface area contributed by atoms with E-state index in [0.717, 1.165) is 31.5 Å². The molecule has 0 radical (unpaired) electrons. The van der Waals surface area contributed by atoms with Gasteiger partial charge >= 0.3 is 0 Å². The number of carbonyl (C=O) groups is 1. The van der Waals surface area contributed by atoms with Crippen LogP contribution >= 0.6 is 0 Å². The van der Waals surface area contributed by atoms with E-state index >= 15 is 0 Å². The Hall–Kier alpha value is -1.46. The third-order valence-corrected chi connectivity index (χ3v) is 3.49. The molecule has 0 aliphatic carbocycles. The van der Waals surface area contributed by atoms with Gasteiger partial charge in [-0.3, -0.25) is 9.69 Å². The minimum absolute atomic E-state index is 0.0449. The van der Waals surface area contributed by atoms with Crippen LogP contribution in [0.2, 0.25) is 0 Å². The minimum Gasteiger partial charge on any atom is -0.507 e. The second-order valence-corrected chi connectivity index (χ2v) is 5.04. The van der Waals surface area contributed by atoms with Crippen LogP contribution in [-0.4, -0.2) is 48.1 Å². The molecule has 0 amide bonds. The summed E-state index contributed by atoms with van der Waals surface area (Å²) in [6.07, 6.45) is 2.14. The van der Waals surface area contributed by atoms with Gasteiger partial charge in [-0.2, -0.15) is 0 Å². The molecule has 20 heavy (non-hydrogen) atoms. The monoisotopic (exact) mass is 281 g/mol. The first-order valence-electron chi connectivity index (χ1n) is 6.95. The number of phenols is 1. The van der Waals surface area contributed by atoms with E-state index in [-0.39, 0.29) is 29.7 Å². The minimum atomic E-state index is -0.517. The summed E-state index contributed by atoms with van der Waals surface area (Å²) >= 11 is 0. The average Bonchev–Trinajstić information content (AvgIpc) is 2.42. The molecule has 1 aliphatic rings. The predicted octanol–water partition coefficient (Wildman–Crippen LogP) is 2.21. The summed E-state index contributed by atoms with van der Waals surface area (Å²) < 4.78 is 18.7. The Morgan fingerprint density at radius 3 is 3.10 bits per heavy atom. The number of benzene rings is 1. The number of ether oxygens (including phenoxy) is 1. The Kier molecular flexibility index (Phi) is 5.09. The SMILES string of the molecule is CCOC1CCCN(CC(=O)c2cc(F)ccc2O)C1. The highest BCUT2D eigenvalue weighted by atomic mass is 19.1. The molecule has 5 heteroatoms. The number of carbonyl (C=O) groups excluding carboxylic acids is 1. The number of aromatic hydroxyl groups is 1. The van der Waals surface area contributed by atoms with Crippen LogP contribution < -0.4 is 0 Å². The molecule has 1 saturated heterocycles. The summed E-state index contributed by atoms with van der Waals surface area (Å²) in [6.45, 7) is 4.33. The molecule has 1 atom stereocenters. The summed E-state index contributed by atoms with van der Waals surface area (Å²) in [5.41, 5.74) is 0.0449. The normalized spacial score (nSPS) is 20.0. The van der Waals surface area contributed by atoms with Crippen LogP contribution in [0.25, 0.3) is 0 Å². The van der Waals surface area contributed by atoms with E-state index in [2.05, 4.69) is 0 Å². The maximum absolute atomic E-state index is 13.2. The van der Waals surface area contributed by atoms with Crippen molar-refractivity contribution in [2.75, 3.05) is 26.2 Å². The average molecular weight is 281 g/mol. The van der Waals surface area contributed by atoms with Crippen molar-refractivity contribution in [2.24, 2.45) is 0 Å². The maximum atomic E-state index is 13.2. The molecule has 1 aromatic rings. The highest BCUT2D eigenvalue weighted by molar-refractivity contribution is 6.00. The molecule has 2 rings (SSSR count). The summed E-state index contributed by atoms with van der Waals surface area (Å²) in [4.78, 5) is 14.1. The van der Waals surface area contributed by atoms with Crippen molar-refractivity contribution < 1.29 is 19.0 Å². The number of nitrogens with zero attached hydrogens (tertiary/aromatic N) is 1. The number of hydrogen-bond acceptors (Lipinski definition) is 4. The number of phenolic OH excluding ortho intramolecular Hbond substituents is 1. The number of likely N-dealkylation sites (tertiary alicyclic amines) is 1. The first-order chi connectivity index (χ1) is 9.60. The third-order valence-electron chi connectivity index (χ3n) is 3.49. The largest absolute Gasteiger partial charge is 0.507 e. The van der Waals surface area contributed by atoms with Crippen LogP contribution in [0, 0.1) is 5.82 Å². The molecular weight excluding hydrogens is 261 g/mol. The van der Waals surface area contributed by atoms with Gasteiger partial charge in [-0.15, -0.1) is 0 Å². The van der Waals surface area contributed by atoms with E-state index in [1.807, 2.05) is 11.8 Å². The Balaban J connectivity index is 1.98. The highest BCUT2D eigenvalue weighted by Crippen LogP contribution is 2.20. The molecule has 1 N–H and O–H groups in total. The number of ketones is 1. The number of rotatable bonds is 5. The third kappa shape index (κ3) is 3.77. The Morgan fingerprint density at radius 2 is 2.35 bits per heavy atom. The number of hydrogen-bond donors (Lipinski definition) is 1. The fourth-order valence-electron chi connectivity index (χ4n) is 2.55. The first kappa shape index (κ1) is 14.9. The summed E-state index contributed by atoms with van der Waals surface area (Å²) in [5.74, 6) is -0.953. The Bertz CT molecular complexity index is 476. The second kappa shape index (κ2) is 6.81. The zero-order valence-electron chi connectivity index (χ0n) is 11.6. The lowest BCUT2D eigenvalue weighted by Gasteiger charge is -2.31. The van der Waals surface area contributed by atoms with E-state index in [4.69, 9.17) is 4.74 Å². The Labute approximate surface area is 118 Å². The van der Waals surface area contributed by atoms with Gasteiger partial charge in [0.15, 0.2) is 5.78 Å². The van der Waals surface area contributed by atoms with Crippen LogP contribution in [0.1, 0.15) is 30.1 Å². The smallest absolute Gasteiger partial charge is 0.180 e. The highest BCUT2D eigenvalue weighted by Gasteiger charge is 2.23. The molecule has 4 nitrogen and oxygen atoms in total. The lowest BCUT2D eigenvalue weighted by Crippen LogP contribution is -2.42. The molecule has 0 spiro atoms. The summed E-state index contributed by atoms with van der Waals surface area (Å²) in [6, 6.07) is 3.43.